The van der Waals surface area contributed by atoms with Crippen molar-refractivity contribution in [3.05, 3.63) is 46.8 Å². The molecule has 4 rings (SSSR count). The van der Waals surface area contributed by atoms with E-state index in [1.807, 2.05) is 46.9 Å². The van der Waals surface area contributed by atoms with Gasteiger partial charge in [-0.05, 0) is 69.9 Å². The molecule has 0 fully saturated rings. The van der Waals surface area contributed by atoms with Crippen LogP contribution in [0.2, 0.25) is 0 Å². The molecule has 1 aromatic heterocycles. The number of benzene rings is 1. The van der Waals surface area contributed by atoms with Crippen molar-refractivity contribution in [2.24, 2.45) is 0 Å². The van der Waals surface area contributed by atoms with Gasteiger partial charge in [0.15, 0.2) is 0 Å². The van der Waals surface area contributed by atoms with Gasteiger partial charge < -0.3 is 20.1 Å². The minimum absolute atomic E-state index is 0.314. The first-order chi connectivity index (χ1) is 14.9. The largest absolute Gasteiger partial charge is 0.444 e. The zero-order valence-electron chi connectivity index (χ0n) is 19.6. The molecule has 3 heterocycles. The normalized spacial score (nSPS) is 16.5. The third-order valence-corrected chi connectivity index (χ3v) is 5.46. The van der Waals surface area contributed by atoms with Gasteiger partial charge in [-0.25, -0.2) is 14.8 Å². The number of aromatic nitrogens is 2. The lowest BCUT2D eigenvalue weighted by atomic mass is 10.1. The molecule has 8 heteroatoms. The molecule has 0 aliphatic carbocycles. The Morgan fingerprint density at radius 2 is 1.88 bits per heavy atom. The van der Waals surface area contributed by atoms with Crippen LogP contribution < -0.4 is 5.32 Å². The van der Waals surface area contributed by atoms with Crippen molar-refractivity contribution in [3.8, 4) is 0 Å². The number of carbonyl (C=O) groups excluding carboxylic acids is 1. The molecule has 0 atom stereocenters. The Morgan fingerprint density at radius 3 is 2.59 bits per heavy atom. The van der Waals surface area contributed by atoms with Crippen molar-refractivity contribution in [1.82, 2.24) is 19.8 Å². The van der Waals surface area contributed by atoms with Gasteiger partial charge in [-0.2, -0.15) is 0 Å². The van der Waals surface area contributed by atoms with Gasteiger partial charge in [0.2, 0.25) is 5.95 Å². The number of amides is 1. The number of nitrogens with one attached hydrogen (secondary N) is 1. The maximum Gasteiger partial charge on any atom is 0.410 e. The average Bonchev–Trinajstić information content (AvgIpc) is 3.05. The van der Waals surface area contributed by atoms with E-state index in [4.69, 9.17) is 4.74 Å². The molecule has 0 saturated heterocycles. The molecule has 2 aliphatic rings. The van der Waals surface area contributed by atoms with Crippen LogP contribution in [0.4, 0.5) is 16.4 Å². The minimum Gasteiger partial charge on any atom is -0.444 e. The lowest BCUT2D eigenvalue weighted by Crippen LogP contribution is -2.40. The second-order valence-electron chi connectivity index (χ2n) is 10.4. The van der Waals surface area contributed by atoms with Crippen LogP contribution >= 0.6 is 0 Å². The van der Waals surface area contributed by atoms with Crippen LogP contribution in [0.15, 0.2) is 24.4 Å². The summed E-state index contributed by atoms with van der Waals surface area (Å²) in [6.45, 7) is 12.6. The molecule has 0 unspecified atom stereocenters. The van der Waals surface area contributed by atoms with Crippen LogP contribution in [-0.4, -0.2) is 55.3 Å². The molecule has 172 valence electrons. The van der Waals surface area contributed by atoms with Crippen molar-refractivity contribution in [3.63, 3.8) is 0 Å². The van der Waals surface area contributed by atoms with E-state index >= 15 is 0 Å². The summed E-state index contributed by atoms with van der Waals surface area (Å²) in [5.41, 5.74) is 4.11. The monoisotopic (exact) mass is 439 g/mol. The molecule has 1 aromatic carbocycles. The van der Waals surface area contributed by atoms with Gasteiger partial charge in [-0.15, -0.1) is 0 Å². The van der Waals surface area contributed by atoms with Gasteiger partial charge >= 0.3 is 6.09 Å². The third-order valence-electron chi connectivity index (χ3n) is 5.46. The number of rotatable bonds is 4. The second kappa shape index (κ2) is 8.33. The summed E-state index contributed by atoms with van der Waals surface area (Å²) in [7, 11) is 0. The number of nitrogens with zero attached hydrogens (tertiary/aromatic N) is 4. The first-order valence-corrected chi connectivity index (χ1v) is 11.1. The Bertz CT molecular complexity index is 1010. The molecule has 8 nitrogen and oxygen atoms in total. The summed E-state index contributed by atoms with van der Waals surface area (Å²) in [5.74, 6) is 0.515. The van der Waals surface area contributed by atoms with Crippen molar-refractivity contribution in [2.45, 2.75) is 71.9 Å². The molecule has 0 saturated carbocycles. The summed E-state index contributed by atoms with van der Waals surface area (Å²) in [6.07, 6.45) is 2.24. The van der Waals surface area contributed by atoms with Gasteiger partial charge in [0.25, 0.3) is 0 Å². The van der Waals surface area contributed by atoms with Crippen LogP contribution in [0.3, 0.4) is 0 Å². The Morgan fingerprint density at radius 1 is 1.12 bits per heavy atom. The third kappa shape index (κ3) is 5.55. The topological polar surface area (TPSA) is 90.8 Å². The summed E-state index contributed by atoms with van der Waals surface area (Å²) in [6, 6.07) is 6.27. The van der Waals surface area contributed by atoms with Crippen LogP contribution in [0.25, 0.3) is 0 Å². The number of fused-ring (bicyclic) bond motifs is 2. The van der Waals surface area contributed by atoms with Crippen LogP contribution in [0.1, 0.15) is 57.0 Å². The summed E-state index contributed by atoms with van der Waals surface area (Å²) < 4.78 is 5.51. The number of β-amino-alcohol motifs (C(OH)–C–C–N with tert-alkyl or cyclic N) is 1. The molecule has 2 aromatic rings. The molecule has 1 amide bonds. The Hall–Kier alpha value is -2.71. The lowest BCUT2D eigenvalue weighted by Gasteiger charge is -2.30. The standard InChI is InChI=1S/C24H33N5O3/c1-23(2,3)32-22(30)29-9-8-16-11-25-21(27-20(16)14-29)26-19-7-6-17-12-28(13-18(17)10-19)15-24(4,5)31/h6-7,10-11,31H,8-9,12-15H2,1-5H3,(H,25,26,27). The molecule has 0 spiro atoms. The van der Waals surface area contributed by atoms with Crippen molar-refractivity contribution in [2.75, 3.05) is 18.4 Å². The fourth-order valence-electron chi connectivity index (χ4n) is 4.18. The van der Waals surface area contributed by atoms with E-state index in [0.717, 1.165) is 30.0 Å². The van der Waals surface area contributed by atoms with E-state index in [9.17, 15) is 9.90 Å². The Labute approximate surface area is 189 Å². The van der Waals surface area contributed by atoms with Crippen LogP contribution in [-0.2, 0) is 30.8 Å². The van der Waals surface area contributed by atoms with Gasteiger partial charge in [0.05, 0.1) is 17.8 Å². The maximum absolute atomic E-state index is 12.4. The number of hydrogen-bond donors (Lipinski definition) is 2. The zero-order valence-corrected chi connectivity index (χ0v) is 19.6. The zero-order chi connectivity index (χ0) is 23.1. The quantitative estimate of drug-likeness (QED) is 0.752. The highest BCUT2D eigenvalue weighted by Crippen LogP contribution is 2.28. The maximum atomic E-state index is 12.4. The second-order valence-corrected chi connectivity index (χ2v) is 10.4. The Balaban J connectivity index is 1.43. The predicted octanol–water partition coefficient (Wildman–Crippen LogP) is 3.60. The van der Waals surface area contributed by atoms with E-state index in [0.29, 0.717) is 32.0 Å². The molecule has 32 heavy (non-hydrogen) atoms. The molecular weight excluding hydrogens is 406 g/mol. The van der Waals surface area contributed by atoms with E-state index in [1.54, 1.807) is 4.90 Å². The number of carbonyl (C=O) groups is 1. The SMILES string of the molecule is CC(C)(O)CN1Cc2ccc(Nc3ncc4c(n3)CN(C(=O)OC(C)(C)C)CC4)cc2C1. The van der Waals surface area contributed by atoms with E-state index < -0.39 is 11.2 Å². The highest BCUT2D eigenvalue weighted by Gasteiger charge is 2.27. The summed E-state index contributed by atoms with van der Waals surface area (Å²) >= 11 is 0. The Kier molecular flexibility index (Phi) is 5.85. The van der Waals surface area contributed by atoms with Crippen molar-refractivity contribution >= 4 is 17.7 Å². The lowest BCUT2D eigenvalue weighted by molar-refractivity contribution is 0.0220. The minimum atomic E-state index is -0.715. The van der Waals surface area contributed by atoms with Crippen molar-refractivity contribution in [1.29, 1.82) is 0 Å². The van der Waals surface area contributed by atoms with Crippen LogP contribution in [0.5, 0.6) is 0 Å². The number of ether oxygens (including phenoxy) is 1. The van der Waals surface area contributed by atoms with Gasteiger partial charge in [0, 0.05) is 38.1 Å². The summed E-state index contributed by atoms with van der Waals surface area (Å²) in [4.78, 5) is 25.5. The number of aliphatic hydroxyl groups is 1. The van der Waals surface area contributed by atoms with E-state index in [-0.39, 0.29) is 6.09 Å². The molecule has 0 bridgehead atoms. The smallest absolute Gasteiger partial charge is 0.410 e. The van der Waals surface area contributed by atoms with E-state index in [1.165, 1.54) is 11.1 Å². The highest BCUT2D eigenvalue weighted by molar-refractivity contribution is 5.68. The molecule has 0 radical (unpaired) electrons. The first kappa shape index (κ1) is 22.5. The molecule has 2 N–H and O–H groups in total. The predicted molar refractivity (Wildman–Crippen MR) is 123 cm³/mol. The van der Waals surface area contributed by atoms with Crippen molar-refractivity contribution < 1.29 is 14.6 Å². The first-order valence-electron chi connectivity index (χ1n) is 11.1. The molecule has 2 aliphatic heterocycles. The summed E-state index contributed by atoms with van der Waals surface area (Å²) in [5, 5.41) is 13.4. The fourth-order valence-corrected chi connectivity index (χ4v) is 4.18. The van der Waals surface area contributed by atoms with Gasteiger partial charge in [-0.1, -0.05) is 6.07 Å². The number of anilines is 2. The molecular formula is C24H33N5O3. The highest BCUT2D eigenvalue weighted by atomic mass is 16.6. The average molecular weight is 440 g/mol. The van der Waals surface area contributed by atoms with Crippen LogP contribution in [0, 0.1) is 0 Å². The fraction of sp³-hybridized carbons (Fsp3) is 0.542. The van der Waals surface area contributed by atoms with Gasteiger partial charge in [-0.3, -0.25) is 4.90 Å². The van der Waals surface area contributed by atoms with E-state index in [2.05, 4.69) is 32.3 Å². The van der Waals surface area contributed by atoms with Gasteiger partial charge in [0.1, 0.15) is 5.60 Å². The number of hydrogen-bond acceptors (Lipinski definition) is 7.